The van der Waals surface area contributed by atoms with Gasteiger partial charge in [-0.1, -0.05) is 54.7 Å². The first-order valence-corrected chi connectivity index (χ1v) is 12.7. The van der Waals surface area contributed by atoms with Crippen LogP contribution in [-0.4, -0.2) is 38.6 Å². The number of hydrogen-bond donors (Lipinski definition) is 0. The molecule has 0 amide bonds. The van der Waals surface area contributed by atoms with Gasteiger partial charge in [-0.05, 0) is 67.5 Å². The van der Waals surface area contributed by atoms with Gasteiger partial charge in [0.2, 0.25) is 0 Å². The van der Waals surface area contributed by atoms with E-state index in [1.54, 1.807) is 0 Å². The van der Waals surface area contributed by atoms with Gasteiger partial charge in [0.15, 0.2) is 5.75 Å². The van der Waals surface area contributed by atoms with E-state index >= 15 is 0 Å². The summed E-state index contributed by atoms with van der Waals surface area (Å²) in [5, 5.41) is 1.63. The Labute approximate surface area is 211 Å². The quantitative estimate of drug-likeness (QED) is 0.219. The van der Waals surface area contributed by atoms with E-state index in [4.69, 9.17) is 53.8 Å². The number of epoxide rings is 2. The third-order valence-corrected chi connectivity index (χ3v) is 7.15. The van der Waals surface area contributed by atoms with E-state index in [2.05, 4.69) is 19.9 Å². The van der Waals surface area contributed by atoms with E-state index in [0.717, 1.165) is 61.3 Å². The van der Waals surface area contributed by atoms with Gasteiger partial charge in [-0.15, -0.1) is 0 Å². The molecule has 2 aromatic rings. The lowest BCUT2D eigenvalue weighted by Crippen LogP contribution is -2.19. The molecule has 0 radical (unpaired) electrons. The van der Waals surface area contributed by atoms with Crippen LogP contribution in [-0.2, 0) is 14.9 Å². The minimum Gasteiger partial charge on any atom is -0.492 e. The monoisotopic (exact) mass is 512 g/mol. The van der Waals surface area contributed by atoms with Gasteiger partial charge in [-0.2, -0.15) is 0 Å². The Morgan fingerprint density at radius 1 is 0.788 bits per heavy atom. The minimum absolute atomic E-state index is 0.370. The third kappa shape index (κ3) is 6.49. The summed E-state index contributed by atoms with van der Waals surface area (Å²) < 4.78 is 22.3. The lowest BCUT2D eigenvalue weighted by Gasteiger charge is -2.28. The molecule has 4 rings (SSSR count). The Morgan fingerprint density at radius 3 is 1.67 bits per heavy atom. The molecule has 2 aliphatic rings. The second-order valence-corrected chi connectivity index (χ2v) is 10.6. The van der Waals surface area contributed by atoms with Crippen LogP contribution in [0.15, 0.2) is 24.3 Å². The standard InChI is InChI=1S/C26H31Cl3O4/c1-16-10-17(11-21(27)24(16)30-8-4-6-19-14-32-19)26(2,3)18-12-22(28)25(23(29)13-18)31-9-5-7-20-15-33-20/h10-13,19-20H,4-9,14-15H2,1-3H3. The summed E-state index contributed by atoms with van der Waals surface area (Å²) in [6, 6.07) is 7.96. The highest BCUT2D eigenvalue weighted by atomic mass is 35.5. The molecule has 4 nitrogen and oxygen atoms in total. The maximum Gasteiger partial charge on any atom is 0.156 e. The molecule has 0 aliphatic carbocycles. The van der Waals surface area contributed by atoms with Crippen molar-refractivity contribution in [3.8, 4) is 11.5 Å². The Bertz CT molecular complexity index is 860. The number of benzene rings is 2. The van der Waals surface area contributed by atoms with Gasteiger partial charge in [0.25, 0.3) is 0 Å². The fraction of sp³-hybridized carbons (Fsp3) is 0.538. The fourth-order valence-corrected chi connectivity index (χ4v) is 4.86. The van der Waals surface area contributed by atoms with Gasteiger partial charge in [0.1, 0.15) is 5.75 Å². The van der Waals surface area contributed by atoms with Crippen LogP contribution in [0.3, 0.4) is 0 Å². The average Bonchev–Trinajstić information content (AvgIpc) is 3.66. The average molecular weight is 514 g/mol. The first kappa shape index (κ1) is 24.9. The van der Waals surface area contributed by atoms with E-state index < -0.39 is 0 Å². The Morgan fingerprint density at radius 2 is 1.21 bits per heavy atom. The topological polar surface area (TPSA) is 43.5 Å². The summed E-state index contributed by atoms with van der Waals surface area (Å²) in [6.45, 7) is 9.21. The second-order valence-electron chi connectivity index (χ2n) is 9.39. The highest BCUT2D eigenvalue weighted by Gasteiger charge is 2.28. The summed E-state index contributed by atoms with van der Waals surface area (Å²) in [5.74, 6) is 1.27. The zero-order valence-corrected chi connectivity index (χ0v) is 21.7. The van der Waals surface area contributed by atoms with Crippen LogP contribution >= 0.6 is 34.8 Å². The lowest BCUT2D eigenvalue weighted by molar-refractivity contribution is 0.292. The molecule has 2 aromatic carbocycles. The van der Waals surface area contributed by atoms with Crippen molar-refractivity contribution in [2.24, 2.45) is 0 Å². The summed E-state index contributed by atoms with van der Waals surface area (Å²) in [4.78, 5) is 0. The van der Waals surface area contributed by atoms with E-state index in [1.807, 2.05) is 25.1 Å². The number of ether oxygens (including phenoxy) is 4. The SMILES string of the molecule is Cc1cc(C(C)(C)c2cc(Cl)c(OCCCC3CO3)c(Cl)c2)cc(Cl)c1OCCCC1CO1. The molecule has 2 saturated heterocycles. The predicted octanol–water partition coefficient (Wildman–Crippen LogP) is 7.40. The van der Waals surface area contributed by atoms with Crippen molar-refractivity contribution >= 4 is 34.8 Å². The Hall–Kier alpha value is -1.17. The highest BCUT2D eigenvalue weighted by Crippen LogP contribution is 2.42. The van der Waals surface area contributed by atoms with Crippen molar-refractivity contribution < 1.29 is 18.9 Å². The van der Waals surface area contributed by atoms with Gasteiger partial charge < -0.3 is 18.9 Å². The van der Waals surface area contributed by atoms with Crippen LogP contribution in [0, 0.1) is 6.92 Å². The summed E-state index contributed by atoms with van der Waals surface area (Å²) in [7, 11) is 0. The number of aryl methyl sites for hydroxylation is 1. The van der Waals surface area contributed by atoms with Crippen LogP contribution in [0.2, 0.25) is 15.1 Å². The summed E-state index contributed by atoms with van der Waals surface area (Å²) in [5.41, 5.74) is 2.69. The van der Waals surface area contributed by atoms with Crippen molar-refractivity contribution in [2.75, 3.05) is 26.4 Å². The predicted molar refractivity (Wildman–Crippen MR) is 134 cm³/mol. The smallest absolute Gasteiger partial charge is 0.156 e. The maximum absolute atomic E-state index is 6.64. The van der Waals surface area contributed by atoms with Crippen LogP contribution in [0.1, 0.15) is 56.2 Å². The van der Waals surface area contributed by atoms with E-state index in [0.29, 0.717) is 46.2 Å². The molecule has 0 aromatic heterocycles. The molecule has 180 valence electrons. The Balaban J connectivity index is 1.45. The minimum atomic E-state index is -0.370. The molecule has 0 spiro atoms. The van der Waals surface area contributed by atoms with Crippen LogP contribution < -0.4 is 9.47 Å². The molecule has 2 fully saturated rings. The van der Waals surface area contributed by atoms with Crippen LogP contribution in [0.5, 0.6) is 11.5 Å². The molecule has 7 heteroatoms. The van der Waals surface area contributed by atoms with E-state index in [1.165, 1.54) is 0 Å². The molecule has 2 aliphatic heterocycles. The lowest BCUT2D eigenvalue weighted by atomic mass is 9.77. The van der Waals surface area contributed by atoms with Crippen LogP contribution in [0.25, 0.3) is 0 Å². The van der Waals surface area contributed by atoms with Crippen molar-refractivity contribution in [2.45, 2.75) is 64.1 Å². The van der Waals surface area contributed by atoms with Crippen molar-refractivity contribution in [3.63, 3.8) is 0 Å². The molecule has 0 N–H and O–H groups in total. The Kier molecular flexibility index (Phi) is 8.02. The van der Waals surface area contributed by atoms with Crippen LogP contribution in [0.4, 0.5) is 0 Å². The molecule has 2 atom stereocenters. The van der Waals surface area contributed by atoms with Gasteiger partial charge in [0.05, 0.1) is 53.7 Å². The van der Waals surface area contributed by atoms with Gasteiger partial charge in [-0.25, -0.2) is 0 Å². The maximum atomic E-state index is 6.64. The normalized spacial score (nSPS) is 19.5. The molecule has 2 heterocycles. The summed E-state index contributed by atoms with van der Waals surface area (Å²) >= 11 is 19.8. The first-order chi connectivity index (χ1) is 15.8. The molecular formula is C26H31Cl3O4. The third-order valence-electron chi connectivity index (χ3n) is 6.31. The van der Waals surface area contributed by atoms with E-state index in [-0.39, 0.29) is 5.41 Å². The molecule has 0 saturated carbocycles. The zero-order chi connectivity index (χ0) is 23.6. The van der Waals surface area contributed by atoms with Crippen molar-refractivity contribution in [1.82, 2.24) is 0 Å². The fourth-order valence-electron chi connectivity index (χ4n) is 3.94. The molecule has 33 heavy (non-hydrogen) atoms. The molecule has 2 unspecified atom stereocenters. The largest absolute Gasteiger partial charge is 0.492 e. The van der Waals surface area contributed by atoms with Gasteiger partial charge in [0, 0.05) is 5.41 Å². The zero-order valence-electron chi connectivity index (χ0n) is 19.4. The molecular weight excluding hydrogens is 483 g/mol. The summed E-state index contributed by atoms with van der Waals surface area (Å²) in [6.07, 6.45) is 4.69. The number of halogens is 3. The second kappa shape index (κ2) is 10.6. The molecule has 0 bridgehead atoms. The van der Waals surface area contributed by atoms with Crippen molar-refractivity contribution in [3.05, 3.63) is 56.0 Å². The first-order valence-electron chi connectivity index (χ1n) is 11.5. The number of rotatable bonds is 12. The van der Waals surface area contributed by atoms with Gasteiger partial charge in [-0.3, -0.25) is 0 Å². The van der Waals surface area contributed by atoms with E-state index in [9.17, 15) is 0 Å². The van der Waals surface area contributed by atoms with Crippen molar-refractivity contribution in [1.29, 1.82) is 0 Å². The van der Waals surface area contributed by atoms with Gasteiger partial charge >= 0.3 is 0 Å². The highest BCUT2D eigenvalue weighted by molar-refractivity contribution is 6.37. The number of hydrogen-bond acceptors (Lipinski definition) is 4.